The van der Waals surface area contributed by atoms with Crippen molar-refractivity contribution in [1.29, 1.82) is 0 Å². The molecule has 0 spiro atoms. The quantitative estimate of drug-likeness (QED) is 0.881. The molecule has 1 heterocycles. The molecule has 1 atom stereocenters. The summed E-state index contributed by atoms with van der Waals surface area (Å²) in [6.07, 6.45) is 2.09. The first-order valence-corrected chi connectivity index (χ1v) is 9.00. The van der Waals surface area contributed by atoms with Crippen molar-refractivity contribution in [1.82, 2.24) is 10.2 Å². The standard InChI is InChI=1S/C21H25N3O2/c1-15-8-6-11-18(16(15)2)22-21(26)23-20(25)14-24-13-7-12-19(24)17-9-4-3-5-10-17/h3-6,8-11,19H,7,12-14H2,1-2H3,(H2,22,23,25,26). The van der Waals surface area contributed by atoms with Crippen LogP contribution in [-0.2, 0) is 4.79 Å². The molecule has 0 aromatic heterocycles. The monoisotopic (exact) mass is 351 g/mol. The number of nitrogens with one attached hydrogen (secondary N) is 2. The minimum absolute atomic E-state index is 0.222. The van der Waals surface area contributed by atoms with E-state index in [-0.39, 0.29) is 18.5 Å². The van der Waals surface area contributed by atoms with Crippen molar-refractivity contribution in [2.75, 3.05) is 18.4 Å². The highest BCUT2D eigenvalue weighted by molar-refractivity contribution is 6.02. The van der Waals surface area contributed by atoms with Crippen molar-refractivity contribution in [3.63, 3.8) is 0 Å². The van der Waals surface area contributed by atoms with E-state index in [0.717, 1.165) is 36.2 Å². The van der Waals surface area contributed by atoms with Gasteiger partial charge >= 0.3 is 6.03 Å². The maximum atomic E-state index is 12.3. The number of hydrogen-bond acceptors (Lipinski definition) is 3. The number of amides is 3. The Hall–Kier alpha value is -2.66. The second-order valence-electron chi connectivity index (χ2n) is 6.79. The largest absolute Gasteiger partial charge is 0.325 e. The van der Waals surface area contributed by atoms with Gasteiger partial charge in [-0.3, -0.25) is 15.0 Å². The molecule has 1 unspecified atom stereocenters. The van der Waals surface area contributed by atoms with Crippen LogP contribution in [0.2, 0.25) is 0 Å². The fourth-order valence-corrected chi connectivity index (χ4v) is 3.46. The molecular weight excluding hydrogens is 326 g/mol. The van der Waals surface area contributed by atoms with E-state index in [4.69, 9.17) is 0 Å². The van der Waals surface area contributed by atoms with Crippen molar-refractivity contribution >= 4 is 17.6 Å². The summed E-state index contributed by atoms with van der Waals surface area (Å²) in [5, 5.41) is 5.20. The van der Waals surface area contributed by atoms with Gasteiger partial charge in [-0.2, -0.15) is 0 Å². The van der Waals surface area contributed by atoms with E-state index >= 15 is 0 Å². The molecule has 3 amide bonds. The summed E-state index contributed by atoms with van der Waals surface area (Å²) < 4.78 is 0. The summed E-state index contributed by atoms with van der Waals surface area (Å²) in [7, 11) is 0. The zero-order valence-electron chi connectivity index (χ0n) is 15.3. The Labute approximate surface area is 154 Å². The third-order valence-electron chi connectivity index (χ3n) is 5.00. The van der Waals surface area contributed by atoms with Crippen molar-refractivity contribution < 1.29 is 9.59 Å². The Morgan fingerprint density at radius 3 is 2.62 bits per heavy atom. The number of aryl methyl sites for hydroxylation is 1. The van der Waals surface area contributed by atoms with Crippen LogP contribution in [0.15, 0.2) is 48.5 Å². The number of hydrogen-bond donors (Lipinski definition) is 2. The molecule has 0 radical (unpaired) electrons. The summed E-state index contributed by atoms with van der Waals surface area (Å²) >= 11 is 0. The van der Waals surface area contributed by atoms with Gasteiger partial charge in [0.05, 0.1) is 6.54 Å². The number of rotatable bonds is 4. The molecule has 2 N–H and O–H groups in total. The SMILES string of the molecule is Cc1cccc(NC(=O)NC(=O)CN2CCCC2c2ccccc2)c1C. The molecule has 1 fully saturated rings. The van der Waals surface area contributed by atoms with Gasteiger partial charge in [-0.15, -0.1) is 0 Å². The van der Waals surface area contributed by atoms with Gasteiger partial charge in [-0.1, -0.05) is 42.5 Å². The number of imide groups is 1. The molecule has 26 heavy (non-hydrogen) atoms. The Balaban J connectivity index is 1.56. The maximum Gasteiger partial charge on any atom is 0.325 e. The van der Waals surface area contributed by atoms with Gasteiger partial charge < -0.3 is 5.32 Å². The van der Waals surface area contributed by atoms with Crippen LogP contribution in [0.5, 0.6) is 0 Å². The maximum absolute atomic E-state index is 12.3. The van der Waals surface area contributed by atoms with Gasteiger partial charge in [0, 0.05) is 11.7 Å². The molecule has 0 bridgehead atoms. The Kier molecular flexibility index (Phi) is 5.68. The van der Waals surface area contributed by atoms with Crippen molar-refractivity contribution in [2.24, 2.45) is 0 Å². The molecule has 5 heteroatoms. The van der Waals surface area contributed by atoms with Crippen LogP contribution in [0.1, 0.15) is 35.6 Å². The Morgan fingerprint density at radius 1 is 1.08 bits per heavy atom. The molecule has 3 rings (SSSR count). The average Bonchev–Trinajstić information content (AvgIpc) is 3.07. The number of nitrogens with zero attached hydrogens (tertiary/aromatic N) is 1. The predicted octanol–water partition coefficient (Wildman–Crippen LogP) is 3.79. The number of benzene rings is 2. The fraction of sp³-hybridized carbons (Fsp3) is 0.333. The Morgan fingerprint density at radius 2 is 1.85 bits per heavy atom. The molecule has 2 aromatic rings. The second-order valence-corrected chi connectivity index (χ2v) is 6.79. The van der Waals surface area contributed by atoms with Crippen LogP contribution in [0, 0.1) is 13.8 Å². The highest BCUT2D eigenvalue weighted by Gasteiger charge is 2.27. The van der Waals surface area contributed by atoms with Gasteiger partial charge in [0.15, 0.2) is 0 Å². The smallest absolute Gasteiger partial charge is 0.307 e. The van der Waals surface area contributed by atoms with E-state index in [1.54, 1.807) is 0 Å². The zero-order chi connectivity index (χ0) is 18.5. The van der Waals surface area contributed by atoms with Gasteiger partial charge in [-0.05, 0) is 56.0 Å². The molecule has 1 saturated heterocycles. The molecule has 1 aliphatic rings. The lowest BCUT2D eigenvalue weighted by Gasteiger charge is -2.24. The summed E-state index contributed by atoms with van der Waals surface area (Å²) in [4.78, 5) is 26.6. The van der Waals surface area contributed by atoms with E-state index in [1.165, 1.54) is 5.56 Å². The Bertz CT molecular complexity index is 789. The molecule has 0 aliphatic carbocycles. The summed E-state index contributed by atoms with van der Waals surface area (Å²) in [6, 6.07) is 15.7. The lowest BCUT2D eigenvalue weighted by atomic mass is 10.0. The van der Waals surface area contributed by atoms with Crippen molar-refractivity contribution in [2.45, 2.75) is 32.7 Å². The van der Waals surface area contributed by atoms with Crippen LogP contribution in [-0.4, -0.2) is 29.9 Å². The second kappa shape index (κ2) is 8.15. The minimum Gasteiger partial charge on any atom is -0.307 e. The normalized spacial score (nSPS) is 17.1. The van der Waals surface area contributed by atoms with Crippen LogP contribution in [0.25, 0.3) is 0 Å². The first-order valence-electron chi connectivity index (χ1n) is 9.00. The number of anilines is 1. The molecule has 5 nitrogen and oxygen atoms in total. The lowest BCUT2D eigenvalue weighted by molar-refractivity contribution is -0.121. The van der Waals surface area contributed by atoms with Crippen LogP contribution in [0.4, 0.5) is 10.5 Å². The van der Waals surface area contributed by atoms with E-state index in [1.807, 2.05) is 50.2 Å². The lowest BCUT2D eigenvalue weighted by Crippen LogP contribution is -2.41. The highest BCUT2D eigenvalue weighted by Crippen LogP contribution is 2.31. The average molecular weight is 351 g/mol. The van der Waals surface area contributed by atoms with Crippen LogP contribution >= 0.6 is 0 Å². The van der Waals surface area contributed by atoms with Crippen molar-refractivity contribution in [3.8, 4) is 0 Å². The molecule has 2 aromatic carbocycles. The number of carbonyl (C=O) groups excluding carboxylic acids is 2. The topological polar surface area (TPSA) is 61.4 Å². The third-order valence-corrected chi connectivity index (χ3v) is 5.00. The van der Waals surface area contributed by atoms with E-state index in [2.05, 4.69) is 27.7 Å². The minimum atomic E-state index is -0.487. The van der Waals surface area contributed by atoms with Gasteiger partial charge in [-0.25, -0.2) is 4.79 Å². The number of likely N-dealkylation sites (tertiary alicyclic amines) is 1. The fourth-order valence-electron chi connectivity index (χ4n) is 3.46. The molecule has 1 aliphatic heterocycles. The zero-order valence-corrected chi connectivity index (χ0v) is 15.3. The number of carbonyl (C=O) groups is 2. The summed E-state index contributed by atoms with van der Waals surface area (Å²) in [5.41, 5.74) is 4.03. The first kappa shape index (κ1) is 18.1. The third kappa shape index (κ3) is 4.29. The number of urea groups is 1. The van der Waals surface area contributed by atoms with Gasteiger partial charge in [0.2, 0.25) is 5.91 Å². The van der Waals surface area contributed by atoms with Crippen LogP contribution < -0.4 is 10.6 Å². The first-order chi connectivity index (χ1) is 12.5. The van der Waals surface area contributed by atoms with Crippen LogP contribution in [0.3, 0.4) is 0 Å². The van der Waals surface area contributed by atoms with E-state index < -0.39 is 6.03 Å². The van der Waals surface area contributed by atoms with Gasteiger partial charge in [0.25, 0.3) is 0 Å². The molecule has 136 valence electrons. The van der Waals surface area contributed by atoms with Gasteiger partial charge in [0.1, 0.15) is 0 Å². The van der Waals surface area contributed by atoms with Crippen molar-refractivity contribution in [3.05, 3.63) is 65.2 Å². The molecule has 0 saturated carbocycles. The highest BCUT2D eigenvalue weighted by atomic mass is 16.2. The summed E-state index contributed by atoms with van der Waals surface area (Å²) in [5.74, 6) is -0.282. The summed E-state index contributed by atoms with van der Waals surface area (Å²) in [6.45, 7) is 5.02. The molecular formula is C21H25N3O2. The van der Waals surface area contributed by atoms with E-state index in [9.17, 15) is 9.59 Å². The predicted molar refractivity (Wildman–Crippen MR) is 103 cm³/mol. The van der Waals surface area contributed by atoms with E-state index in [0.29, 0.717) is 0 Å².